The molecule has 0 aliphatic carbocycles. The fraction of sp³-hybridized carbons (Fsp3) is 0.350. The van der Waals surface area contributed by atoms with E-state index in [-0.39, 0.29) is 6.54 Å². The first-order valence-corrected chi connectivity index (χ1v) is 8.68. The number of hydrogen-bond acceptors (Lipinski definition) is 3. The van der Waals surface area contributed by atoms with Crippen LogP contribution in [0, 0.1) is 6.92 Å². The third-order valence-corrected chi connectivity index (χ3v) is 4.63. The molecule has 2 aromatic carbocycles. The molecule has 0 unspecified atom stereocenters. The molecule has 0 saturated carbocycles. The fourth-order valence-electron chi connectivity index (χ4n) is 3.36. The number of aryl methyl sites for hydroxylation is 1. The number of alkyl halides is 2. The Bertz CT molecular complexity index is 911. The molecule has 1 aliphatic heterocycles. The topological polar surface area (TPSA) is 61.8 Å². The second kappa shape index (κ2) is 7.42. The second-order valence-electron chi connectivity index (χ2n) is 6.77. The molecule has 3 rings (SSSR count). The van der Waals surface area contributed by atoms with E-state index in [1.165, 1.54) is 13.3 Å². The smallest absolute Gasteiger partial charge is 0.267 e. The maximum atomic E-state index is 13.7. The quantitative estimate of drug-likeness (QED) is 0.838. The molecule has 142 valence electrons. The maximum absolute atomic E-state index is 13.7. The molecular weight excluding hydrogens is 352 g/mol. The molecule has 0 aromatic heterocycles. The van der Waals surface area contributed by atoms with E-state index >= 15 is 0 Å². The number of halogens is 2. The first kappa shape index (κ1) is 18.9. The lowest BCUT2D eigenvalue weighted by molar-refractivity contribution is -0.131. The van der Waals surface area contributed by atoms with Crippen molar-refractivity contribution in [3.63, 3.8) is 0 Å². The highest BCUT2D eigenvalue weighted by molar-refractivity contribution is 6.08. The Morgan fingerprint density at radius 2 is 2.11 bits per heavy atom. The Balaban J connectivity index is 1.72. The molecule has 1 N–H and O–H groups in total. The number of fused-ring (bicyclic) bond motifs is 1. The summed E-state index contributed by atoms with van der Waals surface area (Å²) in [6, 6.07) is 10.4. The standard InChI is InChI=1S/C20H21F2N3O2/c1-13-6-7-14-4-3-5-16(17(14)8-13)19(27)24-11-18(26)25-12-20(21,22)9-15(25)10-23-2/h3-8,10,15H,9,11-12H2,1-2H3,(H,24,27)/t15-/m1/s1. The van der Waals surface area contributed by atoms with Crippen LogP contribution in [0.15, 0.2) is 41.4 Å². The minimum Gasteiger partial charge on any atom is -0.343 e. The van der Waals surface area contributed by atoms with Crippen molar-refractivity contribution in [2.75, 3.05) is 20.1 Å². The minimum atomic E-state index is -2.95. The van der Waals surface area contributed by atoms with Crippen LogP contribution >= 0.6 is 0 Å². The third kappa shape index (κ3) is 4.13. The zero-order valence-corrected chi connectivity index (χ0v) is 15.2. The van der Waals surface area contributed by atoms with E-state index in [1.807, 2.05) is 31.2 Å². The molecule has 2 amide bonds. The van der Waals surface area contributed by atoms with Gasteiger partial charge in [0, 0.05) is 25.2 Å². The van der Waals surface area contributed by atoms with Crippen molar-refractivity contribution in [3.8, 4) is 0 Å². The Kier molecular flexibility index (Phi) is 5.21. The summed E-state index contributed by atoms with van der Waals surface area (Å²) in [7, 11) is 1.48. The molecule has 1 heterocycles. The molecule has 0 bridgehead atoms. The normalized spacial score (nSPS) is 19.0. The molecule has 7 heteroatoms. The average Bonchev–Trinajstić information content (AvgIpc) is 2.93. The summed E-state index contributed by atoms with van der Waals surface area (Å²) >= 11 is 0. The van der Waals surface area contributed by atoms with Gasteiger partial charge in [-0.3, -0.25) is 14.6 Å². The third-order valence-electron chi connectivity index (χ3n) is 4.63. The number of benzene rings is 2. The van der Waals surface area contributed by atoms with Crippen molar-refractivity contribution in [1.82, 2.24) is 10.2 Å². The van der Waals surface area contributed by atoms with Crippen LogP contribution in [-0.4, -0.2) is 55.0 Å². The molecule has 0 spiro atoms. The van der Waals surface area contributed by atoms with Gasteiger partial charge < -0.3 is 10.2 Å². The number of likely N-dealkylation sites (tertiary alicyclic amines) is 1. The first-order valence-electron chi connectivity index (χ1n) is 8.68. The highest BCUT2D eigenvalue weighted by atomic mass is 19.3. The molecule has 1 saturated heterocycles. The lowest BCUT2D eigenvalue weighted by Gasteiger charge is -2.21. The van der Waals surface area contributed by atoms with E-state index < -0.39 is 36.7 Å². The van der Waals surface area contributed by atoms with Crippen LogP contribution in [0.1, 0.15) is 22.3 Å². The van der Waals surface area contributed by atoms with Crippen molar-refractivity contribution >= 4 is 28.8 Å². The fourth-order valence-corrected chi connectivity index (χ4v) is 3.36. The van der Waals surface area contributed by atoms with Gasteiger partial charge in [-0.05, 0) is 23.8 Å². The van der Waals surface area contributed by atoms with E-state index in [2.05, 4.69) is 10.3 Å². The van der Waals surface area contributed by atoms with Crippen molar-refractivity contribution in [1.29, 1.82) is 0 Å². The summed E-state index contributed by atoms with van der Waals surface area (Å²) in [6.07, 6.45) is 0.890. The van der Waals surface area contributed by atoms with E-state index in [0.717, 1.165) is 21.2 Å². The highest BCUT2D eigenvalue weighted by Gasteiger charge is 2.46. The van der Waals surface area contributed by atoms with Crippen LogP contribution in [0.2, 0.25) is 0 Å². The Hall–Kier alpha value is -2.83. The summed E-state index contributed by atoms with van der Waals surface area (Å²) in [5.74, 6) is -3.91. The summed E-state index contributed by atoms with van der Waals surface area (Å²) in [5, 5.41) is 4.26. The van der Waals surface area contributed by atoms with E-state index in [0.29, 0.717) is 5.56 Å². The molecule has 2 aromatic rings. The van der Waals surface area contributed by atoms with Gasteiger partial charge in [-0.1, -0.05) is 35.9 Å². The summed E-state index contributed by atoms with van der Waals surface area (Å²) in [4.78, 5) is 29.8. The predicted molar refractivity (Wildman–Crippen MR) is 100 cm³/mol. The number of nitrogens with zero attached hydrogens (tertiary/aromatic N) is 2. The molecule has 27 heavy (non-hydrogen) atoms. The van der Waals surface area contributed by atoms with Gasteiger partial charge >= 0.3 is 0 Å². The summed E-state index contributed by atoms with van der Waals surface area (Å²) < 4.78 is 27.3. The largest absolute Gasteiger partial charge is 0.343 e. The van der Waals surface area contributed by atoms with E-state index in [1.54, 1.807) is 12.1 Å². The number of amides is 2. The highest BCUT2D eigenvalue weighted by Crippen LogP contribution is 2.31. The van der Waals surface area contributed by atoms with Crippen LogP contribution in [-0.2, 0) is 4.79 Å². The summed E-state index contributed by atoms with van der Waals surface area (Å²) in [5.41, 5.74) is 1.46. The van der Waals surface area contributed by atoms with Gasteiger partial charge in [-0.15, -0.1) is 0 Å². The van der Waals surface area contributed by atoms with E-state index in [4.69, 9.17) is 0 Å². The molecular formula is C20H21F2N3O2. The van der Waals surface area contributed by atoms with Gasteiger partial charge in [-0.25, -0.2) is 8.78 Å². The molecule has 0 radical (unpaired) electrons. The number of aliphatic imine (C=N–C) groups is 1. The molecule has 1 atom stereocenters. The van der Waals surface area contributed by atoms with Crippen molar-refractivity contribution < 1.29 is 18.4 Å². The van der Waals surface area contributed by atoms with Gasteiger partial charge in [0.15, 0.2) is 0 Å². The van der Waals surface area contributed by atoms with Crippen LogP contribution in [0.3, 0.4) is 0 Å². The number of carbonyl (C=O) groups excluding carboxylic acids is 2. The Labute approximate surface area is 156 Å². The van der Waals surface area contributed by atoms with Crippen LogP contribution in [0.4, 0.5) is 8.78 Å². The first-order chi connectivity index (χ1) is 12.8. The maximum Gasteiger partial charge on any atom is 0.267 e. The molecule has 1 aliphatic rings. The van der Waals surface area contributed by atoms with Crippen LogP contribution in [0.5, 0.6) is 0 Å². The average molecular weight is 373 g/mol. The number of carbonyl (C=O) groups is 2. The van der Waals surface area contributed by atoms with Crippen LogP contribution in [0.25, 0.3) is 10.8 Å². The van der Waals surface area contributed by atoms with Gasteiger partial charge in [-0.2, -0.15) is 0 Å². The number of hydrogen-bond donors (Lipinski definition) is 1. The number of rotatable bonds is 4. The zero-order chi connectivity index (χ0) is 19.6. The lowest BCUT2D eigenvalue weighted by atomic mass is 10.0. The monoisotopic (exact) mass is 373 g/mol. The van der Waals surface area contributed by atoms with Gasteiger partial charge in [0.05, 0.1) is 19.1 Å². The zero-order valence-electron chi connectivity index (χ0n) is 15.2. The van der Waals surface area contributed by atoms with E-state index in [9.17, 15) is 18.4 Å². The van der Waals surface area contributed by atoms with Crippen molar-refractivity contribution in [2.24, 2.45) is 4.99 Å². The van der Waals surface area contributed by atoms with Crippen LogP contribution < -0.4 is 5.32 Å². The van der Waals surface area contributed by atoms with Crippen molar-refractivity contribution in [2.45, 2.75) is 25.3 Å². The molecule has 5 nitrogen and oxygen atoms in total. The minimum absolute atomic E-state index is 0.342. The number of nitrogens with one attached hydrogen (secondary N) is 1. The van der Waals surface area contributed by atoms with Gasteiger partial charge in [0.1, 0.15) is 0 Å². The van der Waals surface area contributed by atoms with Crippen molar-refractivity contribution in [3.05, 3.63) is 47.5 Å². The predicted octanol–water partition coefficient (Wildman–Crippen LogP) is 2.81. The molecule has 1 fully saturated rings. The SMILES string of the molecule is CN=C[C@H]1CC(F)(F)CN1C(=O)CNC(=O)c1cccc2ccc(C)cc12. The summed E-state index contributed by atoms with van der Waals surface area (Å²) in [6.45, 7) is 0.928. The lowest BCUT2D eigenvalue weighted by Crippen LogP contribution is -2.43. The Morgan fingerprint density at radius 1 is 1.33 bits per heavy atom. The second-order valence-corrected chi connectivity index (χ2v) is 6.77. The van der Waals surface area contributed by atoms with Gasteiger partial charge in [0.25, 0.3) is 11.8 Å². The van der Waals surface area contributed by atoms with Gasteiger partial charge in [0.2, 0.25) is 5.91 Å². The Morgan fingerprint density at radius 3 is 2.85 bits per heavy atom.